The highest BCUT2D eigenvalue weighted by Crippen LogP contribution is 2.32. The Morgan fingerprint density at radius 3 is 1.42 bits per heavy atom. The van der Waals surface area contributed by atoms with Crippen LogP contribution in [0.15, 0.2) is 60.9 Å². The van der Waals surface area contributed by atoms with Crippen molar-refractivity contribution in [2.45, 2.75) is 39.8 Å². The third kappa shape index (κ3) is 3.70. The molecule has 0 N–H and O–H groups in total. The fourth-order valence-corrected chi connectivity index (χ4v) is 6.23. The molecular formula is C32H36N4O2+2. The van der Waals surface area contributed by atoms with E-state index in [-0.39, 0.29) is 0 Å². The van der Waals surface area contributed by atoms with E-state index in [1.54, 1.807) is 14.2 Å². The number of hydrogen-bond donors (Lipinski definition) is 0. The molecule has 0 saturated carbocycles. The second kappa shape index (κ2) is 9.35. The smallest absolute Gasteiger partial charge is 0.202 e. The van der Waals surface area contributed by atoms with Gasteiger partial charge in [0.15, 0.2) is 12.4 Å². The third-order valence-electron chi connectivity index (χ3n) is 8.33. The fourth-order valence-electron chi connectivity index (χ4n) is 6.23. The monoisotopic (exact) mass is 508 g/mol. The van der Waals surface area contributed by atoms with Crippen molar-refractivity contribution in [3.05, 3.63) is 72.3 Å². The molecule has 0 saturated heterocycles. The fraction of sp³-hybridized carbons (Fsp3) is 0.312. The minimum Gasteiger partial charge on any atom is -0.497 e. The van der Waals surface area contributed by atoms with E-state index in [4.69, 9.17) is 9.47 Å². The number of hydrogen-bond acceptors (Lipinski definition) is 2. The summed E-state index contributed by atoms with van der Waals surface area (Å²) in [7, 11) is 7.75. The highest BCUT2D eigenvalue weighted by molar-refractivity contribution is 6.09. The summed E-state index contributed by atoms with van der Waals surface area (Å²) in [6.07, 6.45) is 6.72. The molecule has 0 amide bonds. The maximum Gasteiger partial charge on any atom is 0.202 e. The van der Waals surface area contributed by atoms with Crippen LogP contribution in [0.5, 0.6) is 11.5 Å². The largest absolute Gasteiger partial charge is 0.497 e. The van der Waals surface area contributed by atoms with E-state index in [1.165, 1.54) is 55.0 Å². The minimum atomic E-state index is 0.892. The van der Waals surface area contributed by atoms with Gasteiger partial charge in [-0.25, -0.2) is 9.13 Å². The third-order valence-corrected chi connectivity index (χ3v) is 8.33. The average molecular weight is 509 g/mol. The van der Waals surface area contributed by atoms with Gasteiger partial charge < -0.3 is 18.6 Å². The van der Waals surface area contributed by atoms with Crippen molar-refractivity contribution >= 4 is 43.6 Å². The van der Waals surface area contributed by atoms with Gasteiger partial charge in [0.25, 0.3) is 0 Å². The molecule has 194 valence electrons. The summed E-state index contributed by atoms with van der Waals surface area (Å²) < 4.78 is 20.3. The first-order valence-corrected chi connectivity index (χ1v) is 13.3. The average Bonchev–Trinajstić information content (AvgIpc) is 3.39. The Balaban J connectivity index is 1.22. The highest BCUT2D eigenvalue weighted by atomic mass is 16.5. The molecule has 0 fully saturated rings. The maximum absolute atomic E-state index is 5.47. The van der Waals surface area contributed by atoms with Crippen molar-refractivity contribution in [3.8, 4) is 11.5 Å². The lowest BCUT2D eigenvalue weighted by Crippen LogP contribution is -2.39. The quantitative estimate of drug-likeness (QED) is 0.206. The van der Waals surface area contributed by atoms with Crippen molar-refractivity contribution in [3.63, 3.8) is 0 Å². The van der Waals surface area contributed by atoms with Crippen LogP contribution in [-0.4, -0.2) is 23.4 Å². The number of rotatable bonds is 7. The molecule has 0 aliphatic heterocycles. The van der Waals surface area contributed by atoms with Gasteiger partial charge in [-0.05, 0) is 24.3 Å². The van der Waals surface area contributed by atoms with Crippen molar-refractivity contribution in [1.29, 1.82) is 0 Å². The van der Waals surface area contributed by atoms with Gasteiger partial charge in [-0.1, -0.05) is 0 Å². The van der Waals surface area contributed by atoms with Crippen LogP contribution >= 0.6 is 0 Å². The van der Waals surface area contributed by atoms with E-state index in [2.05, 4.69) is 95.0 Å². The predicted octanol–water partition coefficient (Wildman–Crippen LogP) is 5.67. The van der Waals surface area contributed by atoms with E-state index in [0.29, 0.717) is 0 Å². The van der Waals surface area contributed by atoms with E-state index < -0.39 is 0 Å². The van der Waals surface area contributed by atoms with Gasteiger partial charge in [-0.2, -0.15) is 0 Å². The van der Waals surface area contributed by atoms with Gasteiger partial charge in [0.2, 0.25) is 11.4 Å². The van der Waals surface area contributed by atoms with Crippen LogP contribution in [0.2, 0.25) is 0 Å². The van der Waals surface area contributed by atoms with Crippen LogP contribution in [0.4, 0.5) is 0 Å². The number of fused-ring (bicyclic) bond motifs is 6. The second-order valence-corrected chi connectivity index (χ2v) is 10.3. The normalized spacial score (nSPS) is 11.8. The number of pyridine rings is 2. The van der Waals surface area contributed by atoms with Crippen molar-refractivity contribution in [2.24, 2.45) is 14.1 Å². The summed E-state index contributed by atoms with van der Waals surface area (Å²) >= 11 is 0. The van der Waals surface area contributed by atoms with Crippen LogP contribution in [0.1, 0.15) is 24.2 Å². The number of aryl methyl sites for hydroxylation is 6. The van der Waals surface area contributed by atoms with Crippen LogP contribution < -0.4 is 18.6 Å². The van der Waals surface area contributed by atoms with Gasteiger partial charge in [-0.15, -0.1) is 0 Å². The Hall–Kier alpha value is -4.06. The molecule has 0 atom stereocenters. The van der Waals surface area contributed by atoms with Gasteiger partial charge in [0.05, 0.1) is 25.3 Å². The Morgan fingerprint density at radius 1 is 0.605 bits per heavy atom. The molecule has 6 rings (SSSR count). The zero-order valence-corrected chi connectivity index (χ0v) is 23.2. The van der Waals surface area contributed by atoms with E-state index in [9.17, 15) is 0 Å². The van der Waals surface area contributed by atoms with Gasteiger partial charge in [0, 0.05) is 86.6 Å². The van der Waals surface area contributed by atoms with E-state index >= 15 is 0 Å². The Morgan fingerprint density at radius 2 is 1.03 bits per heavy atom. The molecule has 0 aliphatic carbocycles. The summed E-state index contributed by atoms with van der Waals surface area (Å²) in [6, 6.07) is 17.2. The standard InChI is InChI=1S/C32H36N4O2/c1-21-31-27(25-11-9-23(37-5)19-29(25)33(31)3)13-17-35(21)15-7-8-16-36-18-14-28-26-12-10-24(38-6)20-30(26)34(4)32(28)22(36)2/h9-14,17-20H,7-8,15-16H2,1-6H3/q+2. The van der Waals surface area contributed by atoms with E-state index in [1.807, 2.05) is 12.1 Å². The zero-order valence-electron chi connectivity index (χ0n) is 23.2. The predicted molar refractivity (Wildman–Crippen MR) is 153 cm³/mol. The summed E-state index contributed by atoms with van der Waals surface area (Å²) in [5, 5.41) is 5.14. The van der Waals surface area contributed by atoms with E-state index in [0.717, 1.165) is 37.4 Å². The molecule has 0 radical (unpaired) electrons. The van der Waals surface area contributed by atoms with Gasteiger partial charge >= 0.3 is 0 Å². The molecule has 6 heteroatoms. The lowest BCUT2D eigenvalue weighted by atomic mass is 10.1. The zero-order chi connectivity index (χ0) is 26.6. The first-order chi connectivity index (χ1) is 18.4. The summed E-state index contributed by atoms with van der Waals surface area (Å²) in [5.74, 6) is 1.78. The number of benzene rings is 2. The molecular weight excluding hydrogens is 472 g/mol. The molecule has 2 aromatic carbocycles. The summed E-state index contributed by atoms with van der Waals surface area (Å²) in [5.41, 5.74) is 7.59. The molecule has 4 aromatic heterocycles. The van der Waals surface area contributed by atoms with Crippen LogP contribution in [0, 0.1) is 13.8 Å². The lowest BCUT2D eigenvalue weighted by Gasteiger charge is -2.06. The summed E-state index contributed by atoms with van der Waals surface area (Å²) in [4.78, 5) is 0. The first kappa shape index (κ1) is 24.3. The maximum atomic E-state index is 5.47. The minimum absolute atomic E-state index is 0.892. The molecule has 0 aliphatic rings. The topological polar surface area (TPSA) is 36.1 Å². The number of ether oxygens (including phenoxy) is 2. The molecule has 6 aromatic rings. The van der Waals surface area contributed by atoms with Gasteiger partial charge in [0.1, 0.15) is 35.6 Å². The molecule has 0 bridgehead atoms. The SMILES string of the molecule is COc1ccc2c3cc[n+](CCCC[n+]4ccc5c6ccc(OC)cc6n(C)c5c4C)c(C)c3n(C)c2c1. The molecule has 6 nitrogen and oxygen atoms in total. The number of aromatic nitrogens is 4. The van der Waals surface area contributed by atoms with Crippen LogP contribution in [-0.2, 0) is 27.2 Å². The highest BCUT2D eigenvalue weighted by Gasteiger charge is 2.20. The number of methoxy groups -OCH3 is 2. The van der Waals surface area contributed by atoms with Crippen molar-refractivity contribution < 1.29 is 18.6 Å². The lowest BCUT2D eigenvalue weighted by molar-refractivity contribution is -0.712. The Kier molecular flexibility index (Phi) is 5.98. The van der Waals surface area contributed by atoms with Crippen LogP contribution in [0.3, 0.4) is 0 Å². The molecule has 38 heavy (non-hydrogen) atoms. The Bertz CT molecular complexity index is 1710. The Labute approximate surface area is 223 Å². The van der Waals surface area contributed by atoms with Crippen molar-refractivity contribution in [2.75, 3.05) is 14.2 Å². The van der Waals surface area contributed by atoms with Crippen LogP contribution in [0.25, 0.3) is 43.6 Å². The number of nitrogens with zero attached hydrogens (tertiary/aromatic N) is 4. The summed E-state index contributed by atoms with van der Waals surface area (Å²) in [6.45, 7) is 6.48. The number of unbranched alkanes of at least 4 members (excludes halogenated alkanes) is 1. The van der Waals surface area contributed by atoms with Gasteiger partial charge in [-0.3, -0.25) is 0 Å². The first-order valence-electron chi connectivity index (χ1n) is 13.3. The molecule has 4 heterocycles. The molecule has 0 spiro atoms. The van der Waals surface area contributed by atoms with Crippen molar-refractivity contribution in [1.82, 2.24) is 9.13 Å². The molecule has 0 unspecified atom stereocenters. The second-order valence-electron chi connectivity index (χ2n) is 10.3.